The summed E-state index contributed by atoms with van der Waals surface area (Å²) in [6.07, 6.45) is 8.32. The zero-order chi connectivity index (χ0) is 14.7. The molecule has 0 spiro atoms. The lowest BCUT2D eigenvalue weighted by Crippen LogP contribution is -3.00. The minimum atomic E-state index is 0. The topological polar surface area (TPSA) is 13.1 Å². The van der Waals surface area contributed by atoms with Crippen molar-refractivity contribution in [1.29, 1.82) is 0 Å². The highest BCUT2D eigenvalue weighted by Crippen LogP contribution is 2.29. The van der Waals surface area contributed by atoms with Crippen LogP contribution in [0, 0.1) is 0 Å². The van der Waals surface area contributed by atoms with Gasteiger partial charge in [-0.25, -0.2) is 4.57 Å². The molecule has 112 valence electrons. The van der Waals surface area contributed by atoms with Crippen LogP contribution < -0.4 is 33.3 Å². The summed E-state index contributed by atoms with van der Waals surface area (Å²) in [5.41, 5.74) is 2.28. The fourth-order valence-electron chi connectivity index (χ4n) is 2.43. The van der Waals surface area contributed by atoms with E-state index in [1.54, 1.807) is 7.11 Å². The second-order valence-corrected chi connectivity index (χ2v) is 5.03. The number of benzene rings is 2. The minimum absolute atomic E-state index is 0. The van der Waals surface area contributed by atoms with Gasteiger partial charge in [-0.15, -0.1) is 0 Å². The van der Waals surface area contributed by atoms with Crippen LogP contribution in [0.25, 0.3) is 22.9 Å². The van der Waals surface area contributed by atoms with Crippen LogP contribution in [0.3, 0.4) is 0 Å². The molecule has 0 saturated heterocycles. The number of fused-ring (bicyclic) bond motifs is 1. The summed E-state index contributed by atoms with van der Waals surface area (Å²) in [6.45, 7) is 0. The summed E-state index contributed by atoms with van der Waals surface area (Å²) in [5, 5.41) is 2.42. The maximum absolute atomic E-state index is 5.51. The summed E-state index contributed by atoms with van der Waals surface area (Å²) in [7, 11) is 3.73. The van der Waals surface area contributed by atoms with E-state index >= 15 is 0 Å². The molecule has 1 heterocycles. The van der Waals surface area contributed by atoms with Crippen molar-refractivity contribution in [3.8, 4) is 5.75 Å². The molecular weight excluding hydrogens is 385 g/mol. The molecule has 0 saturated carbocycles. The molecule has 3 heteroatoms. The predicted molar refractivity (Wildman–Crippen MR) is 87.0 cm³/mol. The van der Waals surface area contributed by atoms with E-state index < -0.39 is 0 Å². The lowest BCUT2D eigenvalue weighted by molar-refractivity contribution is -0.671. The molecule has 2 aromatic carbocycles. The Balaban J connectivity index is 0.00000176. The van der Waals surface area contributed by atoms with Crippen molar-refractivity contribution in [3.63, 3.8) is 0 Å². The lowest BCUT2D eigenvalue weighted by atomic mass is 10.0. The molecule has 0 unspecified atom stereocenters. The Hall–Kier alpha value is -1.88. The number of hydrogen-bond acceptors (Lipinski definition) is 1. The van der Waals surface area contributed by atoms with Crippen LogP contribution in [0.2, 0.25) is 0 Å². The Bertz CT molecular complexity index is 794. The van der Waals surface area contributed by atoms with Crippen LogP contribution in [0.4, 0.5) is 0 Å². The third-order valence-corrected chi connectivity index (χ3v) is 3.60. The van der Waals surface area contributed by atoms with E-state index in [1.165, 1.54) is 16.3 Å². The zero-order valence-corrected chi connectivity index (χ0v) is 14.8. The Morgan fingerprint density at radius 3 is 2.36 bits per heavy atom. The largest absolute Gasteiger partial charge is 1.00 e. The summed E-state index contributed by atoms with van der Waals surface area (Å²) in [6, 6.07) is 16.7. The van der Waals surface area contributed by atoms with Crippen LogP contribution >= 0.6 is 0 Å². The third kappa shape index (κ3) is 3.47. The Morgan fingerprint density at radius 1 is 0.909 bits per heavy atom. The lowest BCUT2D eigenvalue weighted by Gasteiger charge is -2.08. The second kappa shape index (κ2) is 7.40. The summed E-state index contributed by atoms with van der Waals surface area (Å²) < 4.78 is 7.53. The zero-order valence-electron chi connectivity index (χ0n) is 12.7. The smallest absolute Gasteiger partial charge is 0.169 e. The van der Waals surface area contributed by atoms with Crippen LogP contribution in [0.1, 0.15) is 11.1 Å². The van der Waals surface area contributed by atoms with Gasteiger partial charge in [-0.3, -0.25) is 0 Å². The number of rotatable bonds is 3. The molecule has 0 aliphatic carbocycles. The number of methoxy groups -OCH3 is 1. The molecule has 22 heavy (non-hydrogen) atoms. The number of ether oxygens (including phenoxy) is 1. The fraction of sp³-hybridized carbons (Fsp3) is 0.105. The maximum atomic E-state index is 5.51. The highest BCUT2D eigenvalue weighted by molar-refractivity contribution is 5.95. The molecule has 0 radical (unpaired) electrons. The van der Waals surface area contributed by atoms with Gasteiger partial charge < -0.3 is 28.7 Å². The molecule has 0 aliphatic heterocycles. The molecule has 0 atom stereocenters. The molecule has 0 amide bonds. The molecule has 3 rings (SSSR count). The average Bonchev–Trinajstić information content (AvgIpc) is 2.54. The van der Waals surface area contributed by atoms with E-state index in [9.17, 15) is 0 Å². The van der Waals surface area contributed by atoms with Gasteiger partial charge in [0.25, 0.3) is 0 Å². The molecular formula is C19H18INO. The first-order valence-electron chi connectivity index (χ1n) is 6.97. The number of nitrogens with zero attached hydrogens (tertiary/aromatic N) is 1. The minimum Gasteiger partial charge on any atom is -1.00 e. The van der Waals surface area contributed by atoms with Gasteiger partial charge in [-0.05, 0) is 22.4 Å². The SMILES string of the molecule is COc1ccc2ccccc2c1/C=C/c1cc[n+](C)cc1.[I-]. The van der Waals surface area contributed by atoms with Crippen molar-refractivity contribution in [1.82, 2.24) is 0 Å². The predicted octanol–water partition coefficient (Wildman–Crippen LogP) is 0.847. The summed E-state index contributed by atoms with van der Waals surface area (Å²) in [5.74, 6) is 0.895. The van der Waals surface area contributed by atoms with Gasteiger partial charge in [-0.2, -0.15) is 0 Å². The number of pyridine rings is 1. The van der Waals surface area contributed by atoms with Gasteiger partial charge in [0.2, 0.25) is 0 Å². The van der Waals surface area contributed by atoms with Crippen LogP contribution in [-0.2, 0) is 7.05 Å². The molecule has 1 aromatic heterocycles. The number of hydrogen-bond donors (Lipinski definition) is 0. The highest BCUT2D eigenvalue weighted by Gasteiger charge is 2.05. The number of aryl methyl sites for hydroxylation is 1. The van der Waals surface area contributed by atoms with Crippen molar-refractivity contribution in [2.45, 2.75) is 0 Å². The van der Waals surface area contributed by atoms with Gasteiger partial charge in [0.1, 0.15) is 12.8 Å². The highest BCUT2D eigenvalue weighted by atomic mass is 127. The van der Waals surface area contributed by atoms with E-state index in [-0.39, 0.29) is 24.0 Å². The second-order valence-electron chi connectivity index (χ2n) is 5.03. The molecule has 0 bridgehead atoms. The van der Waals surface area contributed by atoms with E-state index in [0.29, 0.717) is 0 Å². The Morgan fingerprint density at radius 2 is 1.64 bits per heavy atom. The van der Waals surface area contributed by atoms with Crippen molar-refractivity contribution >= 4 is 22.9 Å². The third-order valence-electron chi connectivity index (χ3n) is 3.60. The first kappa shape index (κ1) is 16.5. The summed E-state index contributed by atoms with van der Waals surface area (Å²) >= 11 is 0. The average molecular weight is 403 g/mol. The Kier molecular flexibility index (Phi) is 5.55. The first-order chi connectivity index (χ1) is 10.3. The van der Waals surface area contributed by atoms with Gasteiger partial charge in [0.15, 0.2) is 12.4 Å². The monoisotopic (exact) mass is 403 g/mol. The number of aromatic nitrogens is 1. The molecule has 0 fully saturated rings. The van der Waals surface area contributed by atoms with Gasteiger partial charge >= 0.3 is 0 Å². The van der Waals surface area contributed by atoms with Crippen molar-refractivity contribution < 1.29 is 33.3 Å². The van der Waals surface area contributed by atoms with E-state index in [0.717, 1.165) is 11.3 Å². The van der Waals surface area contributed by atoms with Crippen molar-refractivity contribution in [2.24, 2.45) is 7.05 Å². The van der Waals surface area contributed by atoms with Gasteiger partial charge in [-0.1, -0.05) is 42.5 Å². The number of halogens is 1. The van der Waals surface area contributed by atoms with Gasteiger partial charge in [0, 0.05) is 17.7 Å². The van der Waals surface area contributed by atoms with Crippen molar-refractivity contribution in [3.05, 3.63) is 72.1 Å². The van der Waals surface area contributed by atoms with Crippen LogP contribution in [0.15, 0.2) is 60.9 Å². The first-order valence-corrected chi connectivity index (χ1v) is 6.97. The molecule has 0 aliphatic rings. The van der Waals surface area contributed by atoms with E-state index in [4.69, 9.17) is 4.74 Å². The molecule has 3 aromatic rings. The standard InChI is InChI=1S/C19H18NO.HI/c1-20-13-11-15(12-14-20)7-9-18-17-6-4-3-5-16(17)8-10-19(18)21-2;/h3-14H,1-2H3;1H/q+1;/p-1/b9-7+;. The molecule has 0 N–H and O–H groups in total. The fourth-order valence-corrected chi connectivity index (χ4v) is 2.43. The maximum Gasteiger partial charge on any atom is 0.169 e. The van der Waals surface area contributed by atoms with Gasteiger partial charge in [0.05, 0.1) is 7.11 Å². The molecule has 2 nitrogen and oxygen atoms in total. The van der Waals surface area contributed by atoms with Crippen LogP contribution in [-0.4, -0.2) is 7.11 Å². The van der Waals surface area contributed by atoms with Crippen LogP contribution in [0.5, 0.6) is 5.75 Å². The summed E-state index contributed by atoms with van der Waals surface area (Å²) in [4.78, 5) is 0. The van der Waals surface area contributed by atoms with E-state index in [2.05, 4.69) is 54.6 Å². The van der Waals surface area contributed by atoms with Crippen molar-refractivity contribution in [2.75, 3.05) is 7.11 Å². The Labute approximate surface area is 148 Å². The van der Waals surface area contributed by atoms with E-state index in [1.807, 2.05) is 30.1 Å². The quantitative estimate of drug-likeness (QED) is 0.467. The normalized spacial score (nSPS) is 10.6.